The summed E-state index contributed by atoms with van der Waals surface area (Å²) in [6.45, 7) is 1.19. The molecule has 0 saturated carbocycles. The summed E-state index contributed by atoms with van der Waals surface area (Å²) < 4.78 is 26.9. The maximum atomic E-state index is 12.7. The van der Waals surface area contributed by atoms with Gasteiger partial charge in [-0.2, -0.15) is 9.40 Å². The molecule has 3 aromatic rings. The molecule has 2 heterocycles. The van der Waals surface area contributed by atoms with Crippen molar-refractivity contribution in [2.24, 2.45) is 0 Å². The monoisotopic (exact) mass is 416 g/mol. The highest BCUT2D eigenvalue weighted by atomic mass is 35.5. The van der Waals surface area contributed by atoms with E-state index >= 15 is 0 Å². The number of aromatic amines is 1. The summed E-state index contributed by atoms with van der Waals surface area (Å²) in [6, 6.07) is 14.3. The Labute approximate surface area is 169 Å². The Balaban J connectivity index is 1.60. The van der Waals surface area contributed by atoms with Gasteiger partial charge in [0.25, 0.3) is 0 Å². The van der Waals surface area contributed by atoms with Crippen LogP contribution in [0.1, 0.15) is 30.0 Å². The van der Waals surface area contributed by atoms with Gasteiger partial charge in [0.15, 0.2) is 0 Å². The number of hydrogen-bond donors (Lipinski definition) is 2. The smallest absolute Gasteiger partial charge is 0.243 e. The first-order chi connectivity index (χ1) is 13.6. The zero-order valence-electron chi connectivity index (χ0n) is 15.2. The number of sulfonamides is 1. The van der Waals surface area contributed by atoms with Crippen molar-refractivity contribution < 1.29 is 8.42 Å². The van der Waals surface area contributed by atoms with Crippen molar-refractivity contribution in [2.75, 3.05) is 18.4 Å². The molecule has 0 spiro atoms. The highest BCUT2D eigenvalue weighted by Gasteiger charge is 2.27. The largest absolute Gasteiger partial charge is 0.374 e. The van der Waals surface area contributed by atoms with Crippen LogP contribution in [0.25, 0.3) is 0 Å². The molecule has 1 aliphatic heterocycles. The van der Waals surface area contributed by atoms with Crippen molar-refractivity contribution in [3.8, 4) is 0 Å². The number of rotatable bonds is 6. The first-order valence-corrected chi connectivity index (χ1v) is 11.0. The average molecular weight is 417 g/mol. The van der Waals surface area contributed by atoms with Gasteiger partial charge in [-0.25, -0.2) is 8.42 Å². The zero-order valence-corrected chi connectivity index (χ0v) is 16.7. The molecule has 2 aromatic carbocycles. The molecule has 8 heteroatoms. The predicted octanol–water partition coefficient (Wildman–Crippen LogP) is 4.05. The van der Waals surface area contributed by atoms with Crippen LogP contribution in [0.4, 0.5) is 5.69 Å². The number of halogens is 1. The average Bonchev–Trinajstić information content (AvgIpc) is 3.41. The summed E-state index contributed by atoms with van der Waals surface area (Å²) in [7, 11) is -3.42. The second kappa shape index (κ2) is 7.95. The number of benzene rings is 2. The normalized spacial score (nSPS) is 16.2. The van der Waals surface area contributed by atoms with Crippen LogP contribution in [-0.4, -0.2) is 36.0 Å². The summed E-state index contributed by atoms with van der Waals surface area (Å²) in [5.74, 6) is 0. The Kier molecular flexibility index (Phi) is 5.39. The second-order valence-corrected chi connectivity index (χ2v) is 9.11. The van der Waals surface area contributed by atoms with Gasteiger partial charge in [-0.1, -0.05) is 29.8 Å². The topological polar surface area (TPSA) is 78.1 Å². The Hall–Kier alpha value is -2.35. The molecule has 2 N–H and O–H groups in total. The van der Waals surface area contributed by atoms with E-state index in [0.717, 1.165) is 29.7 Å². The lowest BCUT2D eigenvalue weighted by Gasteiger charge is -2.21. The Morgan fingerprint density at radius 1 is 1.07 bits per heavy atom. The van der Waals surface area contributed by atoms with Gasteiger partial charge in [0.2, 0.25) is 10.0 Å². The van der Waals surface area contributed by atoms with Crippen molar-refractivity contribution in [3.05, 3.63) is 77.1 Å². The highest BCUT2D eigenvalue weighted by Crippen LogP contribution is 2.31. The minimum absolute atomic E-state index is 0.214. The molecule has 0 amide bonds. The zero-order chi connectivity index (χ0) is 19.6. The number of H-pyrrole nitrogens is 1. The SMILES string of the molecule is O=S(=O)(c1ccc(NC(c2cn[nH]c2)c2ccccc2Cl)cc1)N1CCCC1. The molecular weight excluding hydrogens is 396 g/mol. The molecule has 0 radical (unpaired) electrons. The van der Waals surface area contributed by atoms with E-state index in [1.807, 2.05) is 30.5 Å². The van der Waals surface area contributed by atoms with Gasteiger partial charge in [-0.3, -0.25) is 5.10 Å². The van der Waals surface area contributed by atoms with Gasteiger partial charge in [-0.05, 0) is 48.7 Å². The summed E-state index contributed by atoms with van der Waals surface area (Å²) in [4.78, 5) is 0.317. The number of hydrogen-bond acceptors (Lipinski definition) is 4. The lowest BCUT2D eigenvalue weighted by atomic mass is 10.0. The Bertz CT molecular complexity index is 1030. The Morgan fingerprint density at radius 2 is 1.79 bits per heavy atom. The number of aromatic nitrogens is 2. The molecule has 0 aliphatic carbocycles. The molecule has 1 saturated heterocycles. The molecule has 0 bridgehead atoms. The van der Waals surface area contributed by atoms with Gasteiger partial charge >= 0.3 is 0 Å². The summed E-state index contributed by atoms with van der Waals surface area (Å²) >= 11 is 6.40. The maximum absolute atomic E-state index is 12.7. The van der Waals surface area contributed by atoms with Crippen molar-refractivity contribution in [2.45, 2.75) is 23.8 Å². The van der Waals surface area contributed by atoms with Crippen LogP contribution in [0.15, 0.2) is 65.8 Å². The maximum Gasteiger partial charge on any atom is 0.243 e. The summed E-state index contributed by atoms with van der Waals surface area (Å²) in [6.07, 6.45) is 5.40. The van der Waals surface area contributed by atoms with Crippen LogP contribution in [0.2, 0.25) is 5.02 Å². The minimum Gasteiger partial charge on any atom is -0.374 e. The molecule has 6 nitrogen and oxygen atoms in total. The van der Waals surface area contributed by atoms with E-state index in [1.54, 1.807) is 34.8 Å². The standard InChI is InChI=1S/C20H21ClN4O2S/c21-19-6-2-1-5-18(19)20(15-13-22-23-14-15)24-16-7-9-17(10-8-16)28(26,27)25-11-3-4-12-25/h1-2,5-10,13-14,20,24H,3-4,11-12H2,(H,22,23). The Morgan fingerprint density at radius 3 is 2.43 bits per heavy atom. The molecule has 1 fully saturated rings. The molecule has 1 aliphatic rings. The fraction of sp³-hybridized carbons (Fsp3) is 0.250. The van der Waals surface area contributed by atoms with Gasteiger partial charge in [0.1, 0.15) is 0 Å². The third kappa shape index (κ3) is 3.78. The van der Waals surface area contributed by atoms with E-state index in [0.29, 0.717) is 23.0 Å². The van der Waals surface area contributed by atoms with Crippen LogP contribution in [0.5, 0.6) is 0 Å². The summed E-state index contributed by atoms with van der Waals surface area (Å²) in [5, 5.41) is 10.9. The van der Waals surface area contributed by atoms with Crippen LogP contribution >= 0.6 is 11.6 Å². The van der Waals surface area contributed by atoms with Gasteiger partial charge in [-0.15, -0.1) is 0 Å². The lowest BCUT2D eigenvalue weighted by Crippen LogP contribution is -2.27. The fourth-order valence-electron chi connectivity index (χ4n) is 3.44. The molecule has 4 rings (SSSR count). The first kappa shape index (κ1) is 19.0. The second-order valence-electron chi connectivity index (χ2n) is 6.77. The molecule has 146 valence electrons. The molecule has 1 aromatic heterocycles. The third-order valence-corrected chi connectivity index (χ3v) is 7.19. The van der Waals surface area contributed by atoms with E-state index in [-0.39, 0.29) is 6.04 Å². The van der Waals surface area contributed by atoms with E-state index in [9.17, 15) is 8.42 Å². The van der Waals surface area contributed by atoms with Crippen molar-refractivity contribution in [1.29, 1.82) is 0 Å². The minimum atomic E-state index is -3.42. The van der Waals surface area contributed by atoms with Gasteiger partial charge in [0, 0.05) is 35.6 Å². The van der Waals surface area contributed by atoms with Crippen LogP contribution in [0, 0.1) is 0 Å². The van der Waals surface area contributed by atoms with E-state index in [1.165, 1.54) is 0 Å². The van der Waals surface area contributed by atoms with E-state index < -0.39 is 10.0 Å². The summed E-state index contributed by atoms with van der Waals surface area (Å²) in [5.41, 5.74) is 2.65. The number of nitrogens with zero attached hydrogens (tertiary/aromatic N) is 2. The molecule has 28 heavy (non-hydrogen) atoms. The fourth-order valence-corrected chi connectivity index (χ4v) is 5.20. The van der Waals surface area contributed by atoms with Crippen molar-refractivity contribution in [1.82, 2.24) is 14.5 Å². The molecule has 1 atom stereocenters. The van der Waals surface area contributed by atoms with E-state index in [2.05, 4.69) is 15.5 Å². The third-order valence-electron chi connectivity index (χ3n) is 4.94. The first-order valence-electron chi connectivity index (χ1n) is 9.15. The van der Waals surface area contributed by atoms with Gasteiger partial charge in [0.05, 0.1) is 17.1 Å². The quantitative estimate of drug-likeness (QED) is 0.635. The van der Waals surface area contributed by atoms with Crippen LogP contribution in [-0.2, 0) is 10.0 Å². The lowest BCUT2D eigenvalue weighted by molar-refractivity contribution is 0.477. The number of anilines is 1. The van der Waals surface area contributed by atoms with Crippen molar-refractivity contribution in [3.63, 3.8) is 0 Å². The van der Waals surface area contributed by atoms with Crippen LogP contribution in [0.3, 0.4) is 0 Å². The van der Waals surface area contributed by atoms with Gasteiger partial charge < -0.3 is 5.32 Å². The molecule has 1 unspecified atom stereocenters. The van der Waals surface area contributed by atoms with Crippen LogP contribution < -0.4 is 5.32 Å². The molecular formula is C20H21ClN4O2S. The number of nitrogens with one attached hydrogen (secondary N) is 2. The van der Waals surface area contributed by atoms with E-state index in [4.69, 9.17) is 11.6 Å². The van der Waals surface area contributed by atoms with Crippen molar-refractivity contribution >= 4 is 27.3 Å². The predicted molar refractivity (Wildman–Crippen MR) is 110 cm³/mol. The highest BCUT2D eigenvalue weighted by molar-refractivity contribution is 7.89.